The van der Waals surface area contributed by atoms with Crippen LogP contribution in [0.4, 0.5) is 17.1 Å². The fraction of sp³-hybridized carbons (Fsp3) is 0.0323. The molecule has 0 saturated carbocycles. The summed E-state index contributed by atoms with van der Waals surface area (Å²) in [5.41, 5.74) is 21.9. The van der Waals surface area contributed by atoms with Crippen LogP contribution in [0.2, 0.25) is 0 Å². The quantitative estimate of drug-likeness (QED) is 0.172. The van der Waals surface area contributed by atoms with E-state index in [2.05, 4.69) is 235 Å². The van der Waals surface area contributed by atoms with Gasteiger partial charge in [-0.3, -0.25) is 0 Å². The van der Waals surface area contributed by atoms with Gasteiger partial charge in [0.25, 0.3) is 0 Å². The Balaban J connectivity index is 1.09. The Morgan fingerprint density at radius 2 is 0.766 bits per heavy atom. The van der Waals surface area contributed by atoms with E-state index in [1.165, 1.54) is 77.9 Å². The van der Waals surface area contributed by atoms with Gasteiger partial charge in [0.1, 0.15) is 11.2 Å². The topological polar surface area (TPSA) is 16.4 Å². The summed E-state index contributed by atoms with van der Waals surface area (Å²) in [6, 6.07) is 87.7. The number of para-hydroxylation sites is 1. The monoisotopic (exact) mass is 813 g/mol. The van der Waals surface area contributed by atoms with Gasteiger partial charge in [0.15, 0.2) is 0 Å². The van der Waals surface area contributed by atoms with Crippen LogP contribution in [0.1, 0.15) is 44.5 Å². The van der Waals surface area contributed by atoms with Crippen LogP contribution in [0.3, 0.4) is 0 Å². The van der Waals surface area contributed by atoms with Gasteiger partial charge in [-0.15, -0.1) is 0 Å². The molecule has 298 valence electrons. The van der Waals surface area contributed by atoms with Crippen molar-refractivity contribution in [2.24, 2.45) is 0 Å². The second-order valence-electron chi connectivity index (χ2n) is 17.5. The van der Waals surface area contributed by atoms with Gasteiger partial charge >= 0.3 is 0 Å². The number of nitrogens with zero attached hydrogens (tertiary/aromatic N) is 1. The van der Waals surface area contributed by atoms with E-state index < -0.39 is 10.8 Å². The first-order chi connectivity index (χ1) is 31.8. The maximum atomic E-state index is 6.66. The molecule has 0 bridgehead atoms. The zero-order valence-corrected chi connectivity index (χ0v) is 34.9. The van der Waals surface area contributed by atoms with E-state index in [0.29, 0.717) is 0 Å². The third-order valence-corrected chi connectivity index (χ3v) is 14.6. The predicted octanol–water partition coefficient (Wildman–Crippen LogP) is 15.8. The van der Waals surface area contributed by atoms with Gasteiger partial charge in [0.05, 0.1) is 16.5 Å². The number of furan rings is 1. The highest BCUT2D eigenvalue weighted by Crippen LogP contribution is 2.64. The van der Waals surface area contributed by atoms with Crippen LogP contribution in [-0.4, -0.2) is 0 Å². The number of benzene rings is 10. The Morgan fingerprint density at radius 3 is 1.41 bits per heavy atom. The second kappa shape index (κ2) is 13.2. The van der Waals surface area contributed by atoms with Crippen molar-refractivity contribution in [2.45, 2.75) is 10.8 Å². The molecule has 11 aromatic rings. The molecule has 1 aromatic heterocycles. The van der Waals surface area contributed by atoms with Crippen molar-refractivity contribution in [1.82, 2.24) is 0 Å². The van der Waals surface area contributed by atoms with Crippen molar-refractivity contribution in [1.29, 1.82) is 0 Å². The molecular weight excluding hydrogens is 775 g/mol. The summed E-state index contributed by atoms with van der Waals surface area (Å²) in [4.78, 5) is 2.50. The van der Waals surface area contributed by atoms with E-state index in [0.717, 1.165) is 39.0 Å². The largest absolute Gasteiger partial charge is 0.456 e. The molecule has 2 heteroatoms. The van der Waals surface area contributed by atoms with Gasteiger partial charge in [0, 0.05) is 33.8 Å². The lowest BCUT2D eigenvalue weighted by atomic mass is 9.68. The van der Waals surface area contributed by atoms with Crippen molar-refractivity contribution in [3.05, 3.63) is 281 Å². The molecule has 0 saturated heterocycles. The number of hydrogen-bond donors (Lipinski definition) is 0. The van der Waals surface area contributed by atoms with Gasteiger partial charge < -0.3 is 9.32 Å². The van der Waals surface area contributed by atoms with Crippen LogP contribution in [0.25, 0.3) is 55.3 Å². The fourth-order valence-electron chi connectivity index (χ4n) is 12.2. The van der Waals surface area contributed by atoms with Gasteiger partial charge in [0.2, 0.25) is 0 Å². The van der Waals surface area contributed by atoms with Crippen LogP contribution in [0.15, 0.2) is 241 Å². The SMILES string of the molecule is c1ccc(C2(c3ccccc3)c3ccccc3-c3c(N(c4ccc5c(c4)C4(c6ccccc6-c6ccccc64)c4ccccc4-5)c4ccc5c(c4)oc4ccccc45)cccc32)cc1. The van der Waals surface area contributed by atoms with Crippen molar-refractivity contribution >= 4 is 39.0 Å². The van der Waals surface area contributed by atoms with E-state index in [4.69, 9.17) is 4.42 Å². The molecule has 0 fully saturated rings. The summed E-state index contributed by atoms with van der Waals surface area (Å²) >= 11 is 0. The summed E-state index contributed by atoms with van der Waals surface area (Å²) in [5.74, 6) is 0. The maximum absolute atomic E-state index is 6.66. The number of hydrogen-bond acceptors (Lipinski definition) is 2. The fourth-order valence-corrected chi connectivity index (χ4v) is 12.2. The molecule has 0 N–H and O–H groups in total. The summed E-state index contributed by atoms with van der Waals surface area (Å²) < 4.78 is 6.66. The molecule has 1 spiro atoms. The van der Waals surface area contributed by atoms with Crippen LogP contribution in [-0.2, 0) is 10.8 Å². The van der Waals surface area contributed by atoms with Gasteiger partial charge in [-0.25, -0.2) is 0 Å². The van der Waals surface area contributed by atoms with Crippen LogP contribution in [0.5, 0.6) is 0 Å². The number of fused-ring (bicyclic) bond motifs is 16. The zero-order valence-electron chi connectivity index (χ0n) is 34.9. The summed E-state index contributed by atoms with van der Waals surface area (Å²) in [5, 5.41) is 2.23. The minimum absolute atomic E-state index is 0.482. The highest BCUT2D eigenvalue weighted by atomic mass is 16.3. The first kappa shape index (κ1) is 35.4. The van der Waals surface area contributed by atoms with Crippen LogP contribution >= 0.6 is 0 Å². The molecule has 64 heavy (non-hydrogen) atoms. The number of anilines is 3. The number of rotatable bonds is 5. The predicted molar refractivity (Wildman–Crippen MR) is 262 cm³/mol. The first-order valence-electron chi connectivity index (χ1n) is 22.3. The normalized spacial score (nSPS) is 14.2. The second-order valence-corrected chi connectivity index (χ2v) is 17.5. The molecule has 2 nitrogen and oxygen atoms in total. The van der Waals surface area contributed by atoms with Crippen LogP contribution < -0.4 is 4.90 Å². The Bertz CT molecular complexity index is 3590. The smallest absolute Gasteiger partial charge is 0.137 e. The van der Waals surface area contributed by atoms with E-state index in [1.54, 1.807) is 0 Å². The van der Waals surface area contributed by atoms with Crippen molar-refractivity contribution in [3.63, 3.8) is 0 Å². The Labute approximate surface area is 372 Å². The first-order valence-corrected chi connectivity index (χ1v) is 22.3. The zero-order chi connectivity index (χ0) is 42.0. The van der Waals surface area contributed by atoms with Gasteiger partial charge in [-0.1, -0.05) is 194 Å². The van der Waals surface area contributed by atoms with Crippen molar-refractivity contribution in [2.75, 3.05) is 4.90 Å². The molecule has 0 atom stereocenters. The lowest BCUT2D eigenvalue weighted by Crippen LogP contribution is -2.28. The average molecular weight is 814 g/mol. The molecule has 10 aromatic carbocycles. The van der Waals surface area contributed by atoms with E-state index in [1.807, 2.05) is 6.07 Å². The van der Waals surface area contributed by atoms with Gasteiger partial charge in [-0.2, -0.15) is 0 Å². The Kier molecular flexibility index (Phi) is 7.28. The minimum Gasteiger partial charge on any atom is -0.456 e. The van der Waals surface area contributed by atoms with E-state index >= 15 is 0 Å². The molecule has 0 amide bonds. The Hall–Kier alpha value is -8.20. The summed E-state index contributed by atoms with van der Waals surface area (Å²) in [7, 11) is 0. The molecule has 0 unspecified atom stereocenters. The summed E-state index contributed by atoms with van der Waals surface area (Å²) in [6.45, 7) is 0. The van der Waals surface area contributed by atoms with Crippen LogP contribution in [0, 0.1) is 0 Å². The molecule has 14 rings (SSSR count). The maximum Gasteiger partial charge on any atom is 0.137 e. The summed E-state index contributed by atoms with van der Waals surface area (Å²) in [6.07, 6.45) is 0. The standard InChI is InChI=1S/C62H39NO/c1-3-18-40(19-4-1)61(41-20-5-2-6-21-41)54-30-15-10-26-50(54)60-55(61)31-17-32-57(60)63(43-35-37-49-48-25-11-16-33-58(48)64-59(49)39-43)42-34-36-47-46-24-9-14-29-53(46)62(56(47)38-42)51-27-12-7-22-44(51)45-23-8-13-28-52(45)62/h1-39H. The molecule has 0 radical (unpaired) electrons. The highest BCUT2D eigenvalue weighted by molar-refractivity contribution is 6.07. The third kappa shape index (κ3) is 4.49. The molecule has 3 aliphatic rings. The third-order valence-electron chi connectivity index (χ3n) is 14.6. The molecule has 3 aliphatic carbocycles. The average Bonchev–Trinajstić information content (AvgIpc) is 4.07. The van der Waals surface area contributed by atoms with E-state index in [-0.39, 0.29) is 0 Å². The lowest BCUT2D eigenvalue weighted by Gasteiger charge is -2.35. The Morgan fingerprint density at radius 1 is 0.297 bits per heavy atom. The molecule has 0 aliphatic heterocycles. The minimum atomic E-state index is -0.542. The van der Waals surface area contributed by atoms with Crippen molar-refractivity contribution < 1.29 is 4.42 Å². The molecule has 1 heterocycles. The van der Waals surface area contributed by atoms with E-state index in [9.17, 15) is 0 Å². The van der Waals surface area contributed by atoms with Crippen molar-refractivity contribution in [3.8, 4) is 33.4 Å². The highest BCUT2D eigenvalue weighted by Gasteiger charge is 2.52. The lowest BCUT2D eigenvalue weighted by molar-refractivity contribution is 0.669. The molecular formula is C62H39NO. The van der Waals surface area contributed by atoms with Gasteiger partial charge in [-0.05, 0) is 109 Å².